The van der Waals surface area contributed by atoms with Gasteiger partial charge in [-0.3, -0.25) is 0 Å². The zero-order valence-electron chi connectivity index (χ0n) is 21.8. The summed E-state index contributed by atoms with van der Waals surface area (Å²) in [6.07, 6.45) is 27.3. The quantitative estimate of drug-likeness (QED) is 0.142. The molecule has 0 aromatic rings. The van der Waals surface area contributed by atoms with E-state index in [9.17, 15) is 0 Å². The molecule has 31 heavy (non-hydrogen) atoms. The van der Waals surface area contributed by atoms with Crippen LogP contribution in [0.3, 0.4) is 0 Å². The van der Waals surface area contributed by atoms with E-state index in [0.717, 1.165) is 26.1 Å². The summed E-state index contributed by atoms with van der Waals surface area (Å²) in [5.41, 5.74) is 2.09. The maximum atomic E-state index is 5.48. The molecule has 3 nitrogen and oxygen atoms in total. The summed E-state index contributed by atoms with van der Waals surface area (Å²) in [7, 11) is 0. The lowest BCUT2D eigenvalue weighted by atomic mass is 9.89. The number of unbranched alkanes of at least 4 members (excludes halogenated alkanes) is 17. The third kappa shape index (κ3) is 32.6. The lowest BCUT2D eigenvalue weighted by molar-refractivity contribution is -1.07. The second-order valence-electron chi connectivity index (χ2n) is 10.5. The highest BCUT2D eigenvalue weighted by atomic mass is 79.9. The van der Waals surface area contributed by atoms with Crippen molar-refractivity contribution >= 4 is 0 Å². The van der Waals surface area contributed by atoms with Gasteiger partial charge in [-0.2, -0.15) is 9.68 Å². The molecule has 0 saturated carbocycles. The molecule has 0 atom stereocenters. The molecular formula is C27H58BrNO2. The number of rotatable bonds is 24. The van der Waals surface area contributed by atoms with E-state index in [1.165, 1.54) is 116 Å². The van der Waals surface area contributed by atoms with Crippen LogP contribution in [0, 0.1) is 5.41 Å². The summed E-state index contributed by atoms with van der Waals surface area (Å²) in [5, 5.41) is 0. The van der Waals surface area contributed by atoms with Gasteiger partial charge in [0.2, 0.25) is 0 Å². The van der Waals surface area contributed by atoms with E-state index in [0.29, 0.717) is 5.41 Å². The van der Waals surface area contributed by atoms with Gasteiger partial charge in [-0.05, 0) is 24.7 Å². The normalized spacial score (nSPS) is 11.6. The Labute approximate surface area is 206 Å². The largest absolute Gasteiger partial charge is 1.00 e. The lowest BCUT2D eigenvalue weighted by Crippen LogP contribution is -3.00. The Balaban J connectivity index is 0. The third-order valence-corrected chi connectivity index (χ3v) is 5.94. The van der Waals surface area contributed by atoms with Gasteiger partial charge in [0.1, 0.15) is 13.2 Å². The zero-order chi connectivity index (χ0) is 22.2. The monoisotopic (exact) mass is 507 g/mol. The summed E-state index contributed by atoms with van der Waals surface area (Å²) in [5.74, 6) is 0. The number of hydrogen-bond donors (Lipinski definition) is 1. The average molecular weight is 509 g/mol. The van der Waals surface area contributed by atoms with Gasteiger partial charge >= 0.3 is 0 Å². The van der Waals surface area contributed by atoms with Gasteiger partial charge in [0.15, 0.2) is 0 Å². The predicted octanol–water partition coefficient (Wildman–Crippen LogP) is 5.29. The molecule has 2 N–H and O–H groups in total. The SMILES string of the molecule is CCCCCCCCCCCCO[NH2+]OCCCCCCCCCCCC(C)(C)C.[Br-]. The first kappa shape index (κ1) is 33.5. The molecule has 0 aliphatic heterocycles. The Morgan fingerprint density at radius 3 is 1.16 bits per heavy atom. The molecule has 0 bridgehead atoms. The lowest BCUT2D eigenvalue weighted by Gasteiger charge is -2.17. The van der Waals surface area contributed by atoms with Crippen molar-refractivity contribution in [1.82, 2.24) is 0 Å². The Kier molecular flexibility index (Phi) is 28.8. The molecule has 0 heterocycles. The van der Waals surface area contributed by atoms with Gasteiger partial charge in [0, 0.05) is 0 Å². The van der Waals surface area contributed by atoms with E-state index in [1.807, 2.05) is 0 Å². The van der Waals surface area contributed by atoms with Crippen molar-refractivity contribution in [2.45, 2.75) is 156 Å². The van der Waals surface area contributed by atoms with Crippen LogP contribution in [0.4, 0.5) is 0 Å². The molecule has 0 rings (SSSR count). The van der Waals surface area contributed by atoms with Crippen LogP contribution in [0.25, 0.3) is 0 Å². The van der Waals surface area contributed by atoms with Gasteiger partial charge in [-0.1, -0.05) is 142 Å². The molecule has 0 aromatic heterocycles. The van der Waals surface area contributed by atoms with Crippen molar-refractivity contribution in [2.24, 2.45) is 5.41 Å². The fourth-order valence-electron chi connectivity index (χ4n) is 3.90. The molecule has 0 unspecified atom stereocenters. The van der Waals surface area contributed by atoms with Crippen molar-refractivity contribution in [1.29, 1.82) is 0 Å². The summed E-state index contributed by atoms with van der Waals surface area (Å²) in [6, 6.07) is 0. The maximum Gasteiger partial charge on any atom is 0.110 e. The summed E-state index contributed by atoms with van der Waals surface area (Å²) < 4.78 is 0. The van der Waals surface area contributed by atoms with Crippen LogP contribution in [0.15, 0.2) is 0 Å². The molecule has 0 amide bonds. The van der Waals surface area contributed by atoms with E-state index in [2.05, 4.69) is 27.7 Å². The molecule has 0 aromatic carbocycles. The molecule has 0 fully saturated rings. The minimum Gasteiger partial charge on any atom is -1.00 e. The Bertz CT molecular complexity index is 321. The average Bonchev–Trinajstić information content (AvgIpc) is 2.70. The van der Waals surface area contributed by atoms with Crippen molar-refractivity contribution in [3.05, 3.63) is 0 Å². The molecule has 190 valence electrons. The van der Waals surface area contributed by atoms with E-state index < -0.39 is 0 Å². The second-order valence-corrected chi connectivity index (χ2v) is 10.5. The van der Waals surface area contributed by atoms with Crippen LogP contribution in [0.5, 0.6) is 0 Å². The van der Waals surface area contributed by atoms with E-state index in [4.69, 9.17) is 9.68 Å². The van der Waals surface area contributed by atoms with Crippen molar-refractivity contribution in [2.75, 3.05) is 13.2 Å². The van der Waals surface area contributed by atoms with Crippen LogP contribution in [0.1, 0.15) is 156 Å². The molecule has 0 radical (unpaired) electrons. The van der Waals surface area contributed by atoms with Gasteiger partial charge in [0.25, 0.3) is 0 Å². The number of quaternary nitrogens is 1. The minimum atomic E-state index is 0. The molecule has 0 saturated heterocycles. The number of nitrogens with two attached hydrogens (primary N) is 1. The molecule has 0 aliphatic rings. The first-order valence-corrected chi connectivity index (χ1v) is 13.6. The highest BCUT2D eigenvalue weighted by Gasteiger charge is 2.08. The van der Waals surface area contributed by atoms with Crippen LogP contribution in [-0.2, 0) is 9.68 Å². The van der Waals surface area contributed by atoms with Crippen LogP contribution in [0.2, 0.25) is 0 Å². The molecular weight excluding hydrogens is 450 g/mol. The first-order chi connectivity index (χ1) is 14.6. The van der Waals surface area contributed by atoms with Gasteiger partial charge < -0.3 is 17.0 Å². The Morgan fingerprint density at radius 1 is 0.484 bits per heavy atom. The fraction of sp³-hybridized carbons (Fsp3) is 1.00. The highest BCUT2D eigenvalue weighted by molar-refractivity contribution is 4.61. The third-order valence-electron chi connectivity index (χ3n) is 5.94. The Hall–Kier alpha value is 0.360. The number of hydrogen-bond acceptors (Lipinski definition) is 2. The Morgan fingerprint density at radius 2 is 0.806 bits per heavy atom. The summed E-state index contributed by atoms with van der Waals surface area (Å²) in [6.45, 7) is 10.9. The van der Waals surface area contributed by atoms with Crippen molar-refractivity contribution in [3.63, 3.8) is 0 Å². The van der Waals surface area contributed by atoms with E-state index in [-0.39, 0.29) is 17.0 Å². The molecule has 0 spiro atoms. The van der Waals surface area contributed by atoms with Crippen LogP contribution < -0.4 is 22.6 Å². The standard InChI is InChI=1S/C27H58NO2.BrH/c1-5-6-7-8-9-10-13-16-19-22-25-29-28-30-26-23-20-17-14-11-12-15-18-21-24-27(2,3)4;/h5-26,28H2,1-4H3;1H/q+1;/p-1. The zero-order valence-corrected chi connectivity index (χ0v) is 23.4. The smallest absolute Gasteiger partial charge is 0.110 e. The number of halogens is 1. The van der Waals surface area contributed by atoms with Crippen LogP contribution >= 0.6 is 0 Å². The summed E-state index contributed by atoms with van der Waals surface area (Å²) in [4.78, 5) is 10.9. The van der Waals surface area contributed by atoms with Crippen molar-refractivity contribution in [3.8, 4) is 0 Å². The van der Waals surface area contributed by atoms with Crippen LogP contribution in [-0.4, -0.2) is 13.2 Å². The molecule has 0 aliphatic carbocycles. The molecule has 4 heteroatoms. The highest BCUT2D eigenvalue weighted by Crippen LogP contribution is 2.22. The maximum absolute atomic E-state index is 5.48. The van der Waals surface area contributed by atoms with E-state index in [1.54, 1.807) is 5.64 Å². The fourth-order valence-corrected chi connectivity index (χ4v) is 3.90. The van der Waals surface area contributed by atoms with Gasteiger partial charge in [-0.15, -0.1) is 0 Å². The topological polar surface area (TPSA) is 35.1 Å². The van der Waals surface area contributed by atoms with Crippen molar-refractivity contribution < 1.29 is 32.3 Å². The van der Waals surface area contributed by atoms with Gasteiger partial charge in [-0.25, -0.2) is 0 Å². The first-order valence-electron chi connectivity index (χ1n) is 13.6. The predicted molar refractivity (Wildman–Crippen MR) is 131 cm³/mol. The minimum absolute atomic E-state index is 0. The summed E-state index contributed by atoms with van der Waals surface area (Å²) >= 11 is 0. The van der Waals surface area contributed by atoms with Gasteiger partial charge in [0.05, 0.1) is 0 Å². The van der Waals surface area contributed by atoms with E-state index >= 15 is 0 Å². The second kappa shape index (κ2) is 26.6.